The van der Waals surface area contributed by atoms with Gasteiger partial charge in [-0.05, 0) is 46.3 Å². The molecule has 0 bridgehead atoms. The molecule has 0 aromatic heterocycles. The number of nitrogen functional groups attached to an aromatic ring is 1. The van der Waals surface area contributed by atoms with Crippen molar-refractivity contribution in [1.82, 2.24) is 0 Å². The van der Waals surface area contributed by atoms with E-state index in [0.717, 1.165) is 0 Å². The smallest absolute Gasteiger partial charge is 0.142 e. The van der Waals surface area contributed by atoms with Gasteiger partial charge in [0.25, 0.3) is 0 Å². The first-order valence-corrected chi connectivity index (χ1v) is 6.92. The van der Waals surface area contributed by atoms with E-state index in [4.69, 9.17) is 15.2 Å². The zero-order valence-electron chi connectivity index (χ0n) is 11.6. The van der Waals surface area contributed by atoms with Crippen molar-refractivity contribution in [3.8, 4) is 11.5 Å². The summed E-state index contributed by atoms with van der Waals surface area (Å²) in [5.74, 6) is 0.505. The Morgan fingerprint density at radius 2 is 1.86 bits per heavy atom. The molecule has 0 spiro atoms. The molecule has 0 saturated heterocycles. The topological polar surface area (TPSA) is 64.7 Å². The van der Waals surface area contributed by atoms with Gasteiger partial charge >= 0.3 is 0 Å². The summed E-state index contributed by atoms with van der Waals surface area (Å²) in [4.78, 5) is 0. The molecular formula is C15H15BrFNO3. The molecule has 2 aromatic carbocycles. The molecule has 0 saturated carbocycles. The minimum Gasteiger partial charge on any atom is -0.495 e. The van der Waals surface area contributed by atoms with E-state index >= 15 is 0 Å². The minimum absolute atomic E-state index is 0.283. The van der Waals surface area contributed by atoms with Crippen LogP contribution in [0.25, 0.3) is 0 Å². The summed E-state index contributed by atoms with van der Waals surface area (Å²) in [6.07, 6.45) is -1.11. The number of benzene rings is 2. The Labute approximate surface area is 130 Å². The zero-order valence-corrected chi connectivity index (χ0v) is 13.1. The lowest BCUT2D eigenvalue weighted by Crippen LogP contribution is -2.07. The number of hydrogen-bond donors (Lipinski definition) is 2. The van der Waals surface area contributed by atoms with E-state index in [2.05, 4.69) is 15.9 Å². The standard InChI is InChI=1S/C15H15BrFNO3/c1-20-12-6-4-9(15(21-2)13(12)16)14(19)10-7-8(17)3-5-11(10)18/h3-7,14,19H,18H2,1-2H3. The maximum atomic E-state index is 13.4. The van der Waals surface area contributed by atoms with E-state index in [1.54, 1.807) is 12.1 Å². The number of methoxy groups -OCH3 is 2. The van der Waals surface area contributed by atoms with Gasteiger partial charge in [-0.2, -0.15) is 0 Å². The summed E-state index contributed by atoms with van der Waals surface area (Å²) in [5, 5.41) is 10.5. The normalized spacial score (nSPS) is 12.0. The van der Waals surface area contributed by atoms with E-state index in [1.165, 1.54) is 32.4 Å². The number of aliphatic hydroxyl groups is 1. The zero-order chi connectivity index (χ0) is 15.6. The van der Waals surface area contributed by atoms with Gasteiger partial charge in [0.2, 0.25) is 0 Å². The Bertz CT molecular complexity index is 664. The second kappa shape index (κ2) is 6.32. The van der Waals surface area contributed by atoms with Crippen molar-refractivity contribution in [3.63, 3.8) is 0 Å². The SMILES string of the molecule is COc1ccc(C(O)c2cc(F)ccc2N)c(OC)c1Br. The highest BCUT2D eigenvalue weighted by molar-refractivity contribution is 9.10. The fourth-order valence-corrected chi connectivity index (χ4v) is 2.77. The molecule has 2 aromatic rings. The molecule has 0 fully saturated rings. The maximum Gasteiger partial charge on any atom is 0.142 e. The predicted molar refractivity (Wildman–Crippen MR) is 82.1 cm³/mol. The van der Waals surface area contributed by atoms with Crippen LogP contribution in [-0.4, -0.2) is 19.3 Å². The second-order valence-corrected chi connectivity index (χ2v) is 5.17. The maximum absolute atomic E-state index is 13.4. The van der Waals surface area contributed by atoms with Crippen molar-refractivity contribution in [2.45, 2.75) is 6.10 Å². The van der Waals surface area contributed by atoms with E-state index in [1.807, 2.05) is 0 Å². The molecule has 4 nitrogen and oxygen atoms in total. The van der Waals surface area contributed by atoms with E-state index < -0.39 is 11.9 Å². The van der Waals surface area contributed by atoms with Gasteiger partial charge in [0.15, 0.2) is 0 Å². The highest BCUT2D eigenvalue weighted by Crippen LogP contribution is 2.42. The molecular weight excluding hydrogens is 341 g/mol. The molecule has 2 rings (SSSR count). The molecule has 3 N–H and O–H groups in total. The molecule has 0 aliphatic rings. The van der Waals surface area contributed by atoms with E-state index in [-0.39, 0.29) is 5.56 Å². The number of halogens is 2. The minimum atomic E-state index is -1.11. The number of rotatable bonds is 4. The lowest BCUT2D eigenvalue weighted by molar-refractivity contribution is 0.214. The Morgan fingerprint density at radius 3 is 2.48 bits per heavy atom. The van der Waals surface area contributed by atoms with Crippen molar-refractivity contribution in [2.24, 2.45) is 0 Å². The summed E-state index contributed by atoms with van der Waals surface area (Å²) in [6.45, 7) is 0. The monoisotopic (exact) mass is 355 g/mol. The van der Waals surface area contributed by atoms with Gasteiger partial charge in [-0.3, -0.25) is 0 Å². The Hall–Kier alpha value is -1.79. The lowest BCUT2D eigenvalue weighted by atomic mass is 9.99. The van der Waals surface area contributed by atoms with Crippen molar-refractivity contribution >= 4 is 21.6 Å². The summed E-state index contributed by atoms with van der Waals surface area (Å²) in [7, 11) is 3.00. The van der Waals surface area contributed by atoms with Gasteiger partial charge in [-0.25, -0.2) is 4.39 Å². The Kier molecular flexibility index (Phi) is 4.69. The third kappa shape index (κ3) is 2.96. The van der Waals surface area contributed by atoms with Crippen LogP contribution in [-0.2, 0) is 0 Å². The summed E-state index contributed by atoms with van der Waals surface area (Å²) >= 11 is 3.36. The summed E-state index contributed by atoms with van der Waals surface area (Å²) in [5.41, 5.74) is 6.86. The summed E-state index contributed by atoms with van der Waals surface area (Å²) in [6, 6.07) is 7.20. The van der Waals surface area contributed by atoms with Crippen molar-refractivity contribution < 1.29 is 19.0 Å². The van der Waals surface area contributed by atoms with Crippen LogP contribution in [0.3, 0.4) is 0 Å². The first-order chi connectivity index (χ1) is 9.99. The predicted octanol–water partition coefficient (Wildman–Crippen LogP) is 3.27. The van der Waals surface area contributed by atoms with Crippen molar-refractivity contribution in [3.05, 3.63) is 51.7 Å². The van der Waals surface area contributed by atoms with E-state index in [0.29, 0.717) is 27.2 Å². The van der Waals surface area contributed by atoms with Gasteiger partial charge < -0.3 is 20.3 Å². The highest BCUT2D eigenvalue weighted by atomic mass is 79.9. The van der Waals surface area contributed by atoms with Crippen molar-refractivity contribution in [2.75, 3.05) is 20.0 Å². The fourth-order valence-electron chi connectivity index (χ4n) is 2.08. The van der Waals surface area contributed by atoms with Crippen LogP contribution in [0.15, 0.2) is 34.8 Å². The third-order valence-electron chi connectivity index (χ3n) is 3.15. The van der Waals surface area contributed by atoms with Gasteiger partial charge in [-0.1, -0.05) is 0 Å². The molecule has 0 heterocycles. The molecule has 21 heavy (non-hydrogen) atoms. The van der Waals surface area contributed by atoms with E-state index in [9.17, 15) is 9.50 Å². The second-order valence-electron chi connectivity index (χ2n) is 4.38. The van der Waals surface area contributed by atoms with Crippen LogP contribution in [0.2, 0.25) is 0 Å². The molecule has 6 heteroatoms. The van der Waals surface area contributed by atoms with Gasteiger partial charge in [-0.15, -0.1) is 0 Å². The average Bonchev–Trinajstić information content (AvgIpc) is 2.48. The fraction of sp³-hybridized carbons (Fsp3) is 0.200. The summed E-state index contributed by atoms with van der Waals surface area (Å²) < 4.78 is 24.4. The Balaban J connectivity index is 2.55. The first-order valence-electron chi connectivity index (χ1n) is 6.13. The quantitative estimate of drug-likeness (QED) is 0.826. The molecule has 112 valence electrons. The molecule has 0 radical (unpaired) electrons. The number of anilines is 1. The molecule has 1 unspecified atom stereocenters. The largest absolute Gasteiger partial charge is 0.495 e. The van der Waals surface area contributed by atoms with Crippen LogP contribution >= 0.6 is 15.9 Å². The number of hydrogen-bond acceptors (Lipinski definition) is 4. The lowest BCUT2D eigenvalue weighted by Gasteiger charge is -2.19. The van der Waals surface area contributed by atoms with Crippen LogP contribution in [0.4, 0.5) is 10.1 Å². The number of nitrogens with two attached hydrogens (primary N) is 1. The van der Waals surface area contributed by atoms with Crippen LogP contribution < -0.4 is 15.2 Å². The van der Waals surface area contributed by atoms with Gasteiger partial charge in [0.05, 0.1) is 14.2 Å². The van der Waals surface area contributed by atoms with Crippen molar-refractivity contribution in [1.29, 1.82) is 0 Å². The highest BCUT2D eigenvalue weighted by Gasteiger charge is 2.22. The van der Waals surface area contributed by atoms with Crippen LogP contribution in [0, 0.1) is 5.82 Å². The third-order valence-corrected chi connectivity index (χ3v) is 3.91. The number of aliphatic hydroxyl groups excluding tert-OH is 1. The van der Waals surface area contributed by atoms with Crippen LogP contribution in [0.1, 0.15) is 17.2 Å². The Morgan fingerprint density at radius 1 is 1.14 bits per heavy atom. The van der Waals surface area contributed by atoms with Gasteiger partial charge in [0.1, 0.15) is 27.9 Å². The molecule has 0 aliphatic carbocycles. The molecule has 0 amide bonds. The average molecular weight is 356 g/mol. The number of ether oxygens (including phenoxy) is 2. The first kappa shape index (κ1) is 15.6. The molecule has 0 aliphatic heterocycles. The van der Waals surface area contributed by atoms with Crippen LogP contribution in [0.5, 0.6) is 11.5 Å². The molecule has 1 atom stereocenters. The van der Waals surface area contributed by atoms with Gasteiger partial charge in [0, 0.05) is 16.8 Å².